The maximum atomic E-state index is 12.4. The predicted octanol–water partition coefficient (Wildman–Crippen LogP) is 0.748. The number of nitrogens with one attached hydrogen (secondary N) is 1. The topological polar surface area (TPSA) is 89.9 Å². The third-order valence-electron chi connectivity index (χ3n) is 3.96. The molecule has 7 heteroatoms. The number of nitrogens with zero attached hydrogens (tertiary/aromatic N) is 2. The molecule has 1 fully saturated rings. The van der Waals surface area contributed by atoms with Gasteiger partial charge in [0.1, 0.15) is 5.54 Å². The average molecular weight is 299 g/mol. The average Bonchev–Trinajstić information content (AvgIpc) is 2.34. The van der Waals surface area contributed by atoms with Crippen LogP contribution in [-0.4, -0.2) is 64.5 Å². The van der Waals surface area contributed by atoms with Crippen LogP contribution in [0.1, 0.15) is 34.1 Å². The minimum atomic E-state index is -0.956. The van der Waals surface area contributed by atoms with E-state index in [4.69, 9.17) is 5.11 Å². The first-order chi connectivity index (χ1) is 9.57. The predicted molar refractivity (Wildman–Crippen MR) is 77.8 cm³/mol. The van der Waals surface area contributed by atoms with Gasteiger partial charge in [-0.3, -0.25) is 9.59 Å². The van der Waals surface area contributed by atoms with E-state index in [1.54, 1.807) is 25.8 Å². The van der Waals surface area contributed by atoms with Gasteiger partial charge in [-0.1, -0.05) is 13.8 Å². The van der Waals surface area contributed by atoms with Crippen molar-refractivity contribution >= 4 is 17.9 Å². The number of carbonyl (C=O) groups is 3. The number of piperazine rings is 1. The fourth-order valence-electron chi connectivity index (χ4n) is 2.45. The van der Waals surface area contributed by atoms with Crippen molar-refractivity contribution in [2.75, 3.05) is 20.1 Å². The summed E-state index contributed by atoms with van der Waals surface area (Å²) in [7, 11) is 1.71. The van der Waals surface area contributed by atoms with Crippen molar-refractivity contribution < 1.29 is 19.5 Å². The zero-order valence-electron chi connectivity index (χ0n) is 13.3. The largest absolute Gasteiger partial charge is 0.481 e. The maximum Gasteiger partial charge on any atom is 0.318 e. The van der Waals surface area contributed by atoms with Gasteiger partial charge in [-0.25, -0.2) is 4.79 Å². The van der Waals surface area contributed by atoms with Crippen LogP contribution in [0.25, 0.3) is 0 Å². The highest BCUT2D eigenvalue weighted by molar-refractivity contribution is 5.91. The van der Waals surface area contributed by atoms with Crippen molar-refractivity contribution in [2.24, 2.45) is 5.92 Å². The van der Waals surface area contributed by atoms with Crippen LogP contribution in [0.5, 0.6) is 0 Å². The Morgan fingerprint density at radius 3 is 2.38 bits per heavy atom. The molecule has 1 rings (SSSR count). The Morgan fingerprint density at radius 2 is 1.90 bits per heavy atom. The third kappa shape index (κ3) is 3.86. The van der Waals surface area contributed by atoms with Crippen LogP contribution < -0.4 is 5.32 Å². The molecule has 120 valence electrons. The van der Waals surface area contributed by atoms with Gasteiger partial charge in [-0.05, 0) is 19.8 Å². The van der Waals surface area contributed by atoms with Crippen LogP contribution >= 0.6 is 0 Å². The molecule has 1 aliphatic rings. The molecule has 1 atom stereocenters. The molecule has 0 aromatic heterocycles. The van der Waals surface area contributed by atoms with E-state index in [1.807, 2.05) is 13.8 Å². The monoisotopic (exact) mass is 299 g/mol. The molecule has 0 radical (unpaired) electrons. The SMILES string of the molecule is CC(C)C(CC(=O)O)NC(=O)N1CCN(C)C(=O)C1(C)C. The van der Waals surface area contributed by atoms with E-state index in [-0.39, 0.29) is 24.3 Å². The van der Waals surface area contributed by atoms with E-state index < -0.39 is 17.6 Å². The number of carboxylic acid groups (broad SMARTS) is 1. The molecule has 0 saturated carbocycles. The molecule has 1 saturated heterocycles. The highest BCUT2D eigenvalue weighted by atomic mass is 16.4. The zero-order chi connectivity index (χ0) is 16.4. The quantitative estimate of drug-likeness (QED) is 0.801. The van der Waals surface area contributed by atoms with Gasteiger partial charge in [0.05, 0.1) is 6.42 Å². The number of hydrogen-bond acceptors (Lipinski definition) is 3. The molecule has 1 heterocycles. The van der Waals surface area contributed by atoms with Crippen LogP contribution in [0.4, 0.5) is 4.79 Å². The summed E-state index contributed by atoms with van der Waals surface area (Å²) in [6.45, 7) is 8.01. The number of amides is 3. The van der Waals surface area contributed by atoms with E-state index in [0.29, 0.717) is 13.1 Å². The Hall–Kier alpha value is -1.79. The first-order valence-corrected chi connectivity index (χ1v) is 7.12. The molecule has 1 aliphatic heterocycles. The van der Waals surface area contributed by atoms with Crippen molar-refractivity contribution in [2.45, 2.75) is 45.7 Å². The molecule has 0 aromatic rings. The number of rotatable bonds is 4. The summed E-state index contributed by atoms with van der Waals surface area (Å²) in [4.78, 5) is 38.5. The molecular weight excluding hydrogens is 274 g/mol. The summed E-state index contributed by atoms with van der Waals surface area (Å²) in [5.74, 6) is -1.08. The maximum absolute atomic E-state index is 12.4. The second kappa shape index (κ2) is 6.32. The van der Waals surface area contributed by atoms with E-state index in [9.17, 15) is 14.4 Å². The van der Waals surface area contributed by atoms with Crippen LogP contribution in [0.15, 0.2) is 0 Å². The second-order valence-corrected chi connectivity index (χ2v) is 6.34. The summed E-state index contributed by atoms with van der Waals surface area (Å²) in [6, 6.07) is -0.845. The molecule has 2 N–H and O–H groups in total. The minimum absolute atomic E-state index is 0.00340. The first kappa shape index (κ1) is 17.3. The molecule has 0 bridgehead atoms. The van der Waals surface area contributed by atoms with E-state index >= 15 is 0 Å². The van der Waals surface area contributed by atoms with Crippen molar-refractivity contribution in [3.05, 3.63) is 0 Å². The van der Waals surface area contributed by atoms with Crippen molar-refractivity contribution in [1.29, 1.82) is 0 Å². The van der Waals surface area contributed by atoms with Crippen molar-refractivity contribution in [1.82, 2.24) is 15.1 Å². The second-order valence-electron chi connectivity index (χ2n) is 6.34. The molecule has 0 spiro atoms. The minimum Gasteiger partial charge on any atom is -0.481 e. The standard InChI is InChI=1S/C14H25N3O4/c1-9(2)10(8-11(18)19)15-13(21)17-7-6-16(5)12(20)14(17,3)4/h9-10H,6-8H2,1-5H3,(H,15,21)(H,18,19). The molecule has 3 amide bonds. The lowest BCUT2D eigenvalue weighted by Crippen LogP contribution is -2.66. The molecule has 21 heavy (non-hydrogen) atoms. The summed E-state index contributed by atoms with van der Waals surface area (Å²) in [5, 5.41) is 11.7. The fraction of sp³-hybridized carbons (Fsp3) is 0.786. The van der Waals surface area contributed by atoms with E-state index in [2.05, 4.69) is 5.32 Å². The molecule has 0 aromatic carbocycles. The van der Waals surface area contributed by atoms with Gasteiger partial charge in [0, 0.05) is 26.2 Å². The molecule has 0 aliphatic carbocycles. The summed E-state index contributed by atoms with van der Waals surface area (Å²) >= 11 is 0. The Balaban J connectivity index is 2.82. The lowest BCUT2D eigenvalue weighted by atomic mass is 9.97. The Labute approximate surface area is 125 Å². The van der Waals surface area contributed by atoms with Crippen LogP contribution in [0, 0.1) is 5.92 Å². The first-order valence-electron chi connectivity index (χ1n) is 7.12. The lowest BCUT2D eigenvalue weighted by molar-refractivity contribution is -0.144. The van der Waals surface area contributed by atoms with Gasteiger partial charge < -0.3 is 20.2 Å². The van der Waals surface area contributed by atoms with E-state index in [1.165, 1.54) is 4.90 Å². The highest BCUT2D eigenvalue weighted by Crippen LogP contribution is 2.22. The Morgan fingerprint density at radius 1 is 1.33 bits per heavy atom. The van der Waals surface area contributed by atoms with Gasteiger partial charge in [0.25, 0.3) is 0 Å². The van der Waals surface area contributed by atoms with Crippen LogP contribution in [0.3, 0.4) is 0 Å². The zero-order valence-corrected chi connectivity index (χ0v) is 13.3. The summed E-state index contributed by atoms with van der Waals surface area (Å²) in [5.41, 5.74) is -0.929. The third-order valence-corrected chi connectivity index (χ3v) is 3.96. The number of aliphatic carboxylic acids is 1. The molecule has 1 unspecified atom stereocenters. The van der Waals surface area contributed by atoms with Gasteiger partial charge in [0.2, 0.25) is 5.91 Å². The Bertz CT molecular complexity index is 434. The normalized spacial score (nSPS) is 19.6. The lowest BCUT2D eigenvalue weighted by Gasteiger charge is -2.45. The number of hydrogen-bond donors (Lipinski definition) is 2. The summed E-state index contributed by atoms with van der Waals surface area (Å²) in [6.07, 6.45) is -0.133. The van der Waals surface area contributed by atoms with Gasteiger partial charge in [-0.15, -0.1) is 0 Å². The van der Waals surface area contributed by atoms with Gasteiger partial charge in [0.15, 0.2) is 0 Å². The van der Waals surface area contributed by atoms with Crippen molar-refractivity contribution in [3.63, 3.8) is 0 Å². The Kier molecular flexibility index (Phi) is 5.20. The number of carbonyl (C=O) groups excluding carboxylic acids is 2. The van der Waals surface area contributed by atoms with Gasteiger partial charge >= 0.3 is 12.0 Å². The number of carboxylic acids is 1. The smallest absolute Gasteiger partial charge is 0.318 e. The van der Waals surface area contributed by atoms with Gasteiger partial charge in [-0.2, -0.15) is 0 Å². The number of urea groups is 1. The summed E-state index contributed by atoms with van der Waals surface area (Å²) < 4.78 is 0. The van der Waals surface area contributed by atoms with Crippen LogP contribution in [-0.2, 0) is 9.59 Å². The van der Waals surface area contributed by atoms with Crippen molar-refractivity contribution in [3.8, 4) is 0 Å². The number of likely N-dealkylation sites (N-methyl/N-ethyl adjacent to an activating group) is 1. The van der Waals surface area contributed by atoms with Crippen LogP contribution in [0.2, 0.25) is 0 Å². The fourth-order valence-corrected chi connectivity index (χ4v) is 2.45. The molecule has 7 nitrogen and oxygen atoms in total. The molecular formula is C14H25N3O4. The van der Waals surface area contributed by atoms with E-state index in [0.717, 1.165) is 0 Å². The highest BCUT2D eigenvalue weighted by Gasteiger charge is 2.43.